The maximum atomic E-state index is 11.8. The Morgan fingerprint density at radius 1 is 1.50 bits per heavy atom. The molecule has 8 heteroatoms. The number of nitrogens with zero attached hydrogens (tertiary/aromatic N) is 1. The summed E-state index contributed by atoms with van der Waals surface area (Å²) in [7, 11) is 0. The van der Waals surface area contributed by atoms with Crippen molar-refractivity contribution in [3.63, 3.8) is 0 Å². The summed E-state index contributed by atoms with van der Waals surface area (Å²) in [5, 5.41) is 9.01. The van der Waals surface area contributed by atoms with Crippen LogP contribution in [0.15, 0.2) is 10.7 Å². The summed E-state index contributed by atoms with van der Waals surface area (Å²) in [6.07, 6.45) is -3.98. The molecular weight excluding hydrogens is 269 g/mol. The lowest BCUT2D eigenvalue weighted by Crippen LogP contribution is -2.18. The van der Waals surface area contributed by atoms with E-state index >= 15 is 0 Å². The van der Waals surface area contributed by atoms with E-state index in [2.05, 4.69) is 25.7 Å². The number of hydrogen-bond donors (Lipinski definition) is 2. The molecule has 0 saturated carbocycles. The maximum absolute atomic E-state index is 11.8. The molecule has 0 radical (unpaired) electrons. The molecule has 0 spiro atoms. The minimum Gasteiger partial charge on any atom is -0.505 e. The predicted molar refractivity (Wildman–Crippen MR) is 44.7 cm³/mol. The van der Waals surface area contributed by atoms with Gasteiger partial charge in [0.2, 0.25) is 0 Å². The number of nitrogens with two attached hydrogens (primary N) is 1. The van der Waals surface area contributed by atoms with E-state index < -0.39 is 23.7 Å². The molecule has 78 valence electrons. The van der Waals surface area contributed by atoms with Gasteiger partial charge in [0, 0.05) is 0 Å². The van der Waals surface area contributed by atoms with E-state index in [0.29, 0.717) is 0 Å². The number of ether oxygens (including phenoxy) is 1. The van der Waals surface area contributed by atoms with Crippen molar-refractivity contribution in [3.8, 4) is 11.5 Å². The molecule has 0 aliphatic heterocycles. The van der Waals surface area contributed by atoms with Crippen LogP contribution in [-0.4, -0.2) is 16.5 Å². The highest BCUT2D eigenvalue weighted by Gasteiger charge is 2.33. The van der Waals surface area contributed by atoms with Crippen LogP contribution < -0.4 is 10.5 Å². The van der Waals surface area contributed by atoms with E-state index in [-0.39, 0.29) is 4.47 Å². The molecule has 1 heterocycles. The summed E-state index contributed by atoms with van der Waals surface area (Å²) in [6.45, 7) is 0. The third-order valence-electron chi connectivity index (χ3n) is 1.20. The van der Waals surface area contributed by atoms with Crippen LogP contribution in [0.2, 0.25) is 0 Å². The first-order valence-electron chi connectivity index (χ1n) is 3.20. The summed E-state index contributed by atoms with van der Waals surface area (Å²) >= 11 is 2.69. The normalized spacial score (nSPS) is 11.4. The van der Waals surface area contributed by atoms with E-state index in [1.165, 1.54) is 0 Å². The minimum absolute atomic E-state index is 0.290. The van der Waals surface area contributed by atoms with E-state index in [1.54, 1.807) is 0 Å². The Morgan fingerprint density at radius 2 is 2.07 bits per heavy atom. The Hall–Kier alpha value is -1.18. The Morgan fingerprint density at radius 3 is 2.57 bits per heavy atom. The number of rotatable bonds is 1. The van der Waals surface area contributed by atoms with Gasteiger partial charge in [-0.2, -0.15) is 0 Å². The maximum Gasteiger partial charge on any atom is 0.573 e. The van der Waals surface area contributed by atoms with Gasteiger partial charge >= 0.3 is 6.36 Å². The quantitative estimate of drug-likeness (QED) is 0.821. The first kappa shape index (κ1) is 10.9. The Kier molecular flexibility index (Phi) is 2.74. The van der Waals surface area contributed by atoms with Crippen molar-refractivity contribution in [2.75, 3.05) is 5.73 Å². The molecular formula is C6H4BrF3N2O2. The summed E-state index contributed by atoms with van der Waals surface area (Å²) < 4.78 is 38.7. The van der Waals surface area contributed by atoms with Crippen molar-refractivity contribution >= 4 is 21.7 Å². The first-order valence-corrected chi connectivity index (χ1v) is 3.99. The van der Waals surface area contributed by atoms with Crippen LogP contribution >= 0.6 is 15.9 Å². The molecule has 0 aromatic carbocycles. The van der Waals surface area contributed by atoms with Crippen LogP contribution in [0.4, 0.5) is 19.0 Å². The van der Waals surface area contributed by atoms with Crippen LogP contribution in [0.5, 0.6) is 11.5 Å². The summed E-state index contributed by atoms with van der Waals surface area (Å²) in [5.74, 6) is -1.71. The van der Waals surface area contributed by atoms with Gasteiger partial charge in [-0.05, 0) is 15.9 Å². The van der Waals surface area contributed by atoms with Crippen LogP contribution in [0.3, 0.4) is 0 Å². The third-order valence-corrected chi connectivity index (χ3v) is 1.97. The topological polar surface area (TPSA) is 68.4 Å². The number of alkyl halides is 3. The summed E-state index contributed by atoms with van der Waals surface area (Å²) in [5.41, 5.74) is 5.12. The molecule has 0 aliphatic carbocycles. The van der Waals surface area contributed by atoms with Crippen LogP contribution in [-0.2, 0) is 0 Å². The number of nitrogen functional groups attached to an aromatic ring is 1. The molecule has 1 rings (SSSR count). The average Bonchev–Trinajstić information content (AvgIpc) is 2.04. The van der Waals surface area contributed by atoms with Gasteiger partial charge in [-0.15, -0.1) is 13.2 Å². The smallest absolute Gasteiger partial charge is 0.505 e. The molecule has 0 atom stereocenters. The highest BCUT2D eigenvalue weighted by Crippen LogP contribution is 2.39. The lowest BCUT2D eigenvalue weighted by atomic mass is 10.4. The monoisotopic (exact) mass is 272 g/mol. The highest BCUT2D eigenvalue weighted by atomic mass is 79.9. The largest absolute Gasteiger partial charge is 0.573 e. The van der Waals surface area contributed by atoms with Crippen molar-refractivity contribution in [1.82, 2.24) is 4.98 Å². The second kappa shape index (κ2) is 3.52. The molecule has 4 nitrogen and oxygen atoms in total. The second-order valence-corrected chi connectivity index (χ2v) is 3.01. The number of aromatic hydroxyl groups is 1. The standard InChI is InChI=1S/C6H4BrF3N2O2/c7-3-2(13)1-12-5(11)4(3)14-6(8,9)10/h1,13H,(H2,11,12). The van der Waals surface area contributed by atoms with Gasteiger partial charge in [0.1, 0.15) is 4.47 Å². The van der Waals surface area contributed by atoms with Gasteiger partial charge in [0.15, 0.2) is 17.3 Å². The van der Waals surface area contributed by atoms with Gasteiger partial charge < -0.3 is 15.6 Å². The Labute approximate surface area is 84.6 Å². The van der Waals surface area contributed by atoms with E-state index in [9.17, 15) is 13.2 Å². The zero-order valence-corrected chi connectivity index (χ0v) is 8.06. The van der Waals surface area contributed by atoms with Gasteiger partial charge in [-0.25, -0.2) is 4.98 Å². The SMILES string of the molecule is Nc1ncc(O)c(Br)c1OC(F)(F)F. The third kappa shape index (κ3) is 2.41. The number of aromatic nitrogens is 1. The number of halogens is 4. The molecule has 1 aromatic heterocycles. The zero-order chi connectivity index (χ0) is 10.9. The lowest BCUT2D eigenvalue weighted by molar-refractivity contribution is -0.274. The number of pyridine rings is 1. The number of hydrogen-bond acceptors (Lipinski definition) is 4. The molecule has 0 bridgehead atoms. The lowest BCUT2D eigenvalue weighted by Gasteiger charge is -2.12. The number of anilines is 1. The molecule has 3 N–H and O–H groups in total. The minimum atomic E-state index is -4.88. The van der Waals surface area contributed by atoms with Crippen LogP contribution in [0.1, 0.15) is 0 Å². The summed E-state index contributed by atoms with van der Waals surface area (Å²) in [6, 6.07) is 0. The second-order valence-electron chi connectivity index (χ2n) is 2.22. The van der Waals surface area contributed by atoms with Gasteiger partial charge in [0.25, 0.3) is 0 Å². The Bertz CT molecular complexity index is 356. The first-order chi connectivity index (χ1) is 6.31. The molecule has 1 aromatic rings. The highest BCUT2D eigenvalue weighted by molar-refractivity contribution is 9.10. The fraction of sp³-hybridized carbons (Fsp3) is 0.167. The van der Waals surface area contributed by atoms with Gasteiger partial charge in [-0.1, -0.05) is 0 Å². The van der Waals surface area contributed by atoms with Crippen molar-refractivity contribution in [2.24, 2.45) is 0 Å². The van der Waals surface area contributed by atoms with E-state index in [4.69, 9.17) is 10.8 Å². The van der Waals surface area contributed by atoms with Gasteiger partial charge in [-0.3, -0.25) is 0 Å². The van der Waals surface area contributed by atoms with Crippen LogP contribution in [0, 0.1) is 0 Å². The van der Waals surface area contributed by atoms with E-state index in [1.807, 2.05) is 0 Å². The fourth-order valence-electron chi connectivity index (χ4n) is 0.688. The fourth-order valence-corrected chi connectivity index (χ4v) is 1.07. The van der Waals surface area contributed by atoms with E-state index in [0.717, 1.165) is 6.20 Å². The molecule has 14 heavy (non-hydrogen) atoms. The van der Waals surface area contributed by atoms with Crippen molar-refractivity contribution < 1.29 is 23.0 Å². The molecule has 0 fully saturated rings. The van der Waals surface area contributed by atoms with Crippen LogP contribution in [0.25, 0.3) is 0 Å². The average molecular weight is 273 g/mol. The Balaban J connectivity index is 3.13. The molecule has 0 unspecified atom stereocenters. The predicted octanol–water partition coefficient (Wildman–Crippen LogP) is 2.03. The van der Waals surface area contributed by atoms with Crippen molar-refractivity contribution in [1.29, 1.82) is 0 Å². The van der Waals surface area contributed by atoms with Crippen molar-refractivity contribution in [3.05, 3.63) is 10.7 Å². The molecule has 0 aliphatic rings. The molecule has 0 saturated heterocycles. The summed E-state index contributed by atoms with van der Waals surface area (Å²) in [4.78, 5) is 3.30. The molecule has 0 amide bonds. The zero-order valence-electron chi connectivity index (χ0n) is 6.47. The van der Waals surface area contributed by atoms with Gasteiger partial charge in [0.05, 0.1) is 6.20 Å². The van der Waals surface area contributed by atoms with Crippen molar-refractivity contribution in [2.45, 2.75) is 6.36 Å².